The molecule has 1 amide bonds. The van der Waals surface area contributed by atoms with Crippen molar-refractivity contribution in [1.82, 2.24) is 4.98 Å². The molecule has 0 saturated carbocycles. The van der Waals surface area contributed by atoms with Crippen LogP contribution < -0.4 is 4.90 Å². The van der Waals surface area contributed by atoms with Crippen molar-refractivity contribution >= 4 is 29.4 Å². The van der Waals surface area contributed by atoms with Crippen molar-refractivity contribution in [3.05, 3.63) is 59.8 Å². The molecule has 1 aliphatic rings. The molecule has 4 nitrogen and oxygen atoms in total. The Morgan fingerprint density at radius 3 is 2.91 bits per heavy atom. The molecule has 1 atom stereocenters. The highest BCUT2D eigenvalue weighted by Gasteiger charge is 2.30. The maximum Gasteiger partial charge on any atom is 0.262 e. The minimum Gasteiger partial charge on any atom is -0.288 e. The van der Waals surface area contributed by atoms with Gasteiger partial charge in [0, 0.05) is 6.20 Å². The van der Waals surface area contributed by atoms with Gasteiger partial charge in [0.1, 0.15) is 11.1 Å². The van der Waals surface area contributed by atoms with Gasteiger partial charge in [-0.2, -0.15) is 5.26 Å². The summed E-state index contributed by atoms with van der Waals surface area (Å²) in [5.74, 6) is -0.208. The first kappa shape index (κ1) is 14.4. The smallest absolute Gasteiger partial charge is 0.262 e. The van der Waals surface area contributed by atoms with Crippen molar-refractivity contribution in [2.24, 2.45) is 0 Å². The third-order valence-electron chi connectivity index (χ3n) is 3.48. The fourth-order valence-corrected chi connectivity index (χ4v) is 3.00. The van der Waals surface area contributed by atoms with Gasteiger partial charge in [0.2, 0.25) is 0 Å². The lowest BCUT2D eigenvalue weighted by molar-refractivity contribution is 0.0981. The lowest BCUT2D eigenvalue weighted by atomic mass is 10.0. The van der Waals surface area contributed by atoms with E-state index in [1.54, 1.807) is 24.4 Å². The molecule has 22 heavy (non-hydrogen) atoms. The maximum atomic E-state index is 13.0. The Balaban J connectivity index is 2.11. The zero-order chi connectivity index (χ0) is 15.5. The number of fused-ring (bicyclic) bond motifs is 1. The monoisotopic (exact) mass is 307 g/mol. The van der Waals surface area contributed by atoms with Gasteiger partial charge in [-0.3, -0.25) is 9.69 Å². The van der Waals surface area contributed by atoms with Crippen LogP contribution in [0, 0.1) is 11.3 Å². The molecule has 108 valence electrons. The van der Waals surface area contributed by atoms with Crippen molar-refractivity contribution in [3.63, 3.8) is 0 Å². The minimum absolute atomic E-state index is 0.208. The van der Waals surface area contributed by atoms with E-state index in [0.717, 1.165) is 11.3 Å². The predicted molar refractivity (Wildman–Crippen MR) is 87.7 cm³/mol. The summed E-state index contributed by atoms with van der Waals surface area (Å²) in [7, 11) is 0. The third-order valence-corrected chi connectivity index (χ3v) is 4.19. The van der Waals surface area contributed by atoms with E-state index >= 15 is 0 Å². The average molecular weight is 307 g/mol. The number of nitrogens with zero attached hydrogens (tertiary/aromatic N) is 3. The van der Waals surface area contributed by atoms with Crippen LogP contribution in [0.5, 0.6) is 0 Å². The number of para-hydroxylation sites is 1. The molecule has 0 bridgehead atoms. The second-order valence-electron chi connectivity index (χ2n) is 4.73. The molecule has 0 saturated heterocycles. The number of rotatable bonds is 2. The van der Waals surface area contributed by atoms with Crippen LogP contribution in [0.15, 0.2) is 53.7 Å². The van der Waals surface area contributed by atoms with Crippen molar-refractivity contribution in [1.29, 1.82) is 5.26 Å². The van der Waals surface area contributed by atoms with Gasteiger partial charge in [0.25, 0.3) is 5.91 Å². The first-order valence-electron chi connectivity index (χ1n) is 6.75. The molecule has 0 radical (unpaired) electrons. The third kappa shape index (κ3) is 2.38. The second kappa shape index (κ2) is 6.04. The van der Waals surface area contributed by atoms with Crippen LogP contribution in [0.1, 0.15) is 15.9 Å². The topological polar surface area (TPSA) is 57.0 Å². The molecular weight excluding hydrogens is 294 g/mol. The van der Waals surface area contributed by atoms with Crippen LogP contribution in [0.2, 0.25) is 0 Å². The number of pyridine rings is 1. The van der Waals surface area contributed by atoms with Gasteiger partial charge in [-0.1, -0.05) is 24.3 Å². The summed E-state index contributed by atoms with van der Waals surface area (Å²) in [5, 5.41) is 10.1. The van der Waals surface area contributed by atoms with E-state index in [0.29, 0.717) is 10.6 Å². The zero-order valence-corrected chi connectivity index (χ0v) is 12.7. The lowest BCUT2D eigenvalue weighted by Crippen LogP contribution is -2.40. The summed E-state index contributed by atoms with van der Waals surface area (Å²) < 4.78 is 0. The molecule has 1 aromatic heterocycles. The molecule has 5 heteroatoms. The Labute approximate surface area is 133 Å². The molecule has 2 heterocycles. The normalized spacial score (nSPS) is 16.0. The number of hydrogen-bond acceptors (Lipinski definition) is 4. The number of thioether (sulfide) groups is 1. The summed E-state index contributed by atoms with van der Waals surface area (Å²) >= 11 is 1.42. The Morgan fingerprint density at radius 2 is 2.14 bits per heavy atom. The largest absolute Gasteiger partial charge is 0.288 e. The number of benzene rings is 1. The standard InChI is InChI=1S/C17H13N3OS/c1-22-16-14(6-4-10-19-16)17(21)20-13(11-18)9-8-12-5-2-3-7-15(12)20/h2-10,13H,1H3. The number of anilines is 1. The first-order valence-corrected chi connectivity index (χ1v) is 7.98. The van der Waals surface area contributed by atoms with Crippen molar-refractivity contribution in [2.45, 2.75) is 11.1 Å². The predicted octanol–water partition coefficient (Wildman–Crippen LogP) is 3.37. The number of nitriles is 1. The molecule has 0 fully saturated rings. The fraction of sp³-hybridized carbons (Fsp3) is 0.118. The molecule has 3 rings (SSSR count). The summed E-state index contributed by atoms with van der Waals surface area (Å²) in [5.41, 5.74) is 2.19. The lowest BCUT2D eigenvalue weighted by Gasteiger charge is -2.30. The van der Waals surface area contributed by atoms with E-state index in [-0.39, 0.29) is 5.91 Å². The molecule has 1 aromatic carbocycles. The number of carbonyl (C=O) groups is 1. The quantitative estimate of drug-likeness (QED) is 0.798. The molecule has 1 unspecified atom stereocenters. The zero-order valence-electron chi connectivity index (χ0n) is 11.9. The number of carbonyl (C=O) groups excluding carboxylic acids is 1. The molecule has 2 aromatic rings. The van der Waals surface area contributed by atoms with Crippen molar-refractivity contribution in [2.75, 3.05) is 11.2 Å². The molecular formula is C17H13N3OS. The summed E-state index contributed by atoms with van der Waals surface area (Å²) in [6.45, 7) is 0. The Bertz CT molecular complexity index is 794. The van der Waals surface area contributed by atoms with Crippen LogP contribution in [0.3, 0.4) is 0 Å². The van der Waals surface area contributed by atoms with Gasteiger partial charge in [0.15, 0.2) is 0 Å². The van der Waals surface area contributed by atoms with E-state index in [1.165, 1.54) is 16.7 Å². The molecule has 0 spiro atoms. The highest BCUT2D eigenvalue weighted by molar-refractivity contribution is 7.98. The van der Waals surface area contributed by atoms with Crippen LogP contribution in [0.25, 0.3) is 6.08 Å². The number of amides is 1. The average Bonchev–Trinajstić information content (AvgIpc) is 2.60. The van der Waals surface area contributed by atoms with Crippen molar-refractivity contribution < 1.29 is 4.79 Å². The summed E-state index contributed by atoms with van der Waals surface area (Å²) in [6, 6.07) is 12.6. The van der Waals surface area contributed by atoms with E-state index in [2.05, 4.69) is 11.1 Å². The highest BCUT2D eigenvalue weighted by Crippen LogP contribution is 2.31. The van der Waals surface area contributed by atoms with Crippen LogP contribution in [-0.4, -0.2) is 23.2 Å². The van der Waals surface area contributed by atoms with Gasteiger partial charge in [-0.15, -0.1) is 11.8 Å². The van der Waals surface area contributed by atoms with Gasteiger partial charge in [0.05, 0.1) is 17.3 Å². The Morgan fingerprint density at radius 1 is 1.32 bits per heavy atom. The van der Waals surface area contributed by atoms with Gasteiger partial charge >= 0.3 is 0 Å². The van der Waals surface area contributed by atoms with Gasteiger partial charge < -0.3 is 0 Å². The second-order valence-corrected chi connectivity index (χ2v) is 5.52. The molecule has 1 aliphatic heterocycles. The van der Waals surface area contributed by atoms with Crippen LogP contribution in [0.4, 0.5) is 5.69 Å². The minimum atomic E-state index is -0.614. The number of aromatic nitrogens is 1. The van der Waals surface area contributed by atoms with Crippen LogP contribution in [-0.2, 0) is 0 Å². The van der Waals surface area contributed by atoms with Gasteiger partial charge in [-0.05, 0) is 36.1 Å². The summed E-state index contributed by atoms with van der Waals surface area (Å²) in [6.07, 6.45) is 7.17. The summed E-state index contributed by atoms with van der Waals surface area (Å²) in [4.78, 5) is 18.8. The van der Waals surface area contributed by atoms with E-state index in [1.807, 2.05) is 36.6 Å². The SMILES string of the molecule is CSc1ncccc1C(=O)N1c2ccccc2C=CC1C#N. The van der Waals surface area contributed by atoms with Crippen molar-refractivity contribution in [3.8, 4) is 6.07 Å². The number of hydrogen-bond donors (Lipinski definition) is 0. The van der Waals surface area contributed by atoms with E-state index < -0.39 is 6.04 Å². The van der Waals surface area contributed by atoms with E-state index in [9.17, 15) is 10.1 Å². The Hall–Kier alpha value is -2.58. The fourth-order valence-electron chi connectivity index (χ4n) is 2.46. The molecule has 0 N–H and O–H groups in total. The van der Waals surface area contributed by atoms with Gasteiger partial charge in [-0.25, -0.2) is 4.98 Å². The first-order chi connectivity index (χ1) is 10.8. The van der Waals surface area contributed by atoms with Crippen LogP contribution >= 0.6 is 11.8 Å². The maximum absolute atomic E-state index is 13.0. The molecule has 0 aliphatic carbocycles. The highest BCUT2D eigenvalue weighted by atomic mass is 32.2. The van der Waals surface area contributed by atoms with E-state index in [4.69, 9.17) is 0 Å². The Kier molecular flexibility index (Phi) is 3.94.